The van der Waals surface area contributed by atoms with Crippen molar-refractivity contribution in [3.8, 4) is 11.4 Å². The predicted octanol–water partition coefficient (Wildman–Crippen LogP) is 4.31. The van der Waals surface area contributed by atoms with Crippen LogP contribution in [0.5, 0.6) is 0 Å². The lowest BCUT2D eigenvalue weighted by molar-refractivity contribution is 0.794. The molecule has 17 heavy (non-hydrogen) atoms. The van der Waals surface area contributed by atoms with Crippen LogP contribution in [0.1, 0.15) is 30.4 Å². The minimum Gasteiger partial charge on any atom is -0.234 e. The Hall–Kier alpha value is -1.12. The van der Waals surface area contributed by atoms with E-state index < -0.39 is 0 Å². The van der Waals surface area contributed by atoms with Gasteiger partial charge in [-0.15, -0.1) is 0 Å². The smallest absolute Gasteiger partial charge is 0.129 e. The van der Waals surface area contributed by atoms with E-state index in [1.807, 2.05) is 24.3 Å². The number of rotatable bonds is 1. The van der Waals surface area contributed by atoms with E-state index in [4.69, 9.17) is 23.2 Å². The van der Waals surface area contributed by atoms with Crippen LogP contribution in [-0.4, -0.2) is 9.97 Å². The van der Waals surface area contributed by atoms with Crippen LogP contribution in [0.15, 0.2) is 24.3 Å². The highest BCUT2D eigenvalue weighted by atomic mass is 35.5. The van der Waals surface area contributed by atoms with Gasteiger partial charge >= 0.3 is 0 Å². The highest BCUT2D eigenvalue weighted by molar-refractivity contribution is 6.30. The van der Waals surface area contributed by atoms with Crippen molar-refractivity contribution in [1.82, 2.24) is 9.97 Å². The van der Waals surface area contributed by atoms with Crippen LogP contribution >= 0.6 is 23.2 Å². The Morgan fingerprint density at radius 3 is 1.82 bits per heavy atom. The standard InChI is InChI=1S/C13H10Cl2N2/c1-2-7-8-3-5-10(14)16-12(8)13-9(7)4-6-11(15)17-13/h3-7H,2H2,1H3. The third-order valence-corrected chi connectivity index (χ3v) is 3.59. The largest absolute Gasteiger partial charge is 0.234 e. The minimum absolute atomic E-state index is 0.356. The number of aromatic nitrogens is 2. The Kier molecular flexibility index (Phi) is 2.57. The van der Waals surface area contributed by atoms with Gasteiger partial charge in [-0.2, -0.15) is 0 Å². The van der Waals surface area contributed by atoms with Gasteiger partial charge in [-0.1, -0.05) is 42.3 Å². The van der Waals surface area contributed by atoms with E-state index in [0.717, 1.165) is 17.8 Å². The fourth-order valence-electron chi connectivity index (χ4n) is 2.44. The van der Waals surface area contributed by atoms with E-state index in [0.29, 0.717) is 16.2 Å². The normalized spacial score (nSPS) is 13.6. The number of nitrogens with zero attached hydrogens (tertiary/aromatic N) is 2. The van der Waals surface area contributed by atoms with Gasteiger partial charge in [0.2, 0.25) is 0 Å². The molecule has 3 rings (SSSR count). The fraction of sp³-hybridized carbons (Fsp3) is 0.231. The summed E-state index contributed by atoms with van der Waals surface area (Å²) < 4.78 is 0. The summed E-state index contributed by atoms with van der Waals surface area (Å²) in [5, 5.41) is 0.987. The lowest BCUT2D eigenvalue weighted by Gasteiger charge is -2.09. The van der Waals surface area contributed by atoms with Crippen molar-refractivity contribution in [2.45, 2.75) is 19.3 Å². The molecular formula is C13H10Cl2N2. The third kappa shape index (κ3) is 1.63. The molecule has 4 heteroatoms. The van der Waals surface area contributed by atoms with Gasteiger partial charge in [0, 0.05) is 5.92 Å². The van der Waals surface area contributed by atoms with Crippen LogP contribution in [0.4, 0.5) is 0 Å². The van der Waals surface area contributed by atoms with E-state index in [1.54, 1.807) is 0 Å². The van der Waals surface area contributed by atoms with E-state index >= 15 is 0 Å². The topological polar surface area (TPSA) is 25.8 Å². The monoisotopic (exact) mass is 264 g/mol. The van der Waals surface area contributed by atoms with Crippen LogP contribution in [0.3, 0.4) is 0 Å². The van der Waals surface area contributed by atoms with E-state index in [9.17, 15) is 0 Å². The zero-order valence-corrected chi connectivity index (χ0v) is 10.8. The molecule has 0 unspecified atom stereocenters. The first kappa shape index (κ1) is 11.0. The predicted molar refractivity (Wildman–Crippen MR) is 69.6 cm³/mol. The van der Waals surface area contributed by atoms with Crippen molar-refractivity contribution in [1.29, 1.82) is 0 Å². The highest BCUT2D eigenvalue weighted by Gasteiger charge is 2.30. The van der Waals surface area contributed by atoms with Crippen molar-refractivity contribution in [2.24, 2.45) is 0 Å². The summed E-state index contributed by atoms with van der Waals surface area (Å²) in [6.45, 7) is 2.16. The molecule has 0 bridgehead atoms. The van der Waals surface area contributed by atoms with Gasteiger partial charge < -0.3 is 0 Å². The molecule has 0 radical (unpaired) electrons. The molecule has 2 nitrogen and oxygen atoms in total. The van der Waals surface area contributed by atoms with Gasteiger partial charge in [0.1, 0.15) is 10.3 Å². The van der Waals surface area contributed by atoms with Crippen molar-refractivity contribution in [3.05, 3.63) is 45.7 Å². The maximum absolute atomic E-state index is 5.95. The fourth-order valence-corrected chi connectivity index (χ4v) is 2.74. The van der Waals surface area contributed by atoms with Crippen molar-refractivity contribution in [3.63, 3.8) is 0 Å². The SMILES string of the molecule is CCC1c2ccc(Cl)nc2-c2nc(Cl)ccc21. The Bertz CT molecular complexity index is 544. The molecule has 0 N–H and O–H groups in total. The average molecular weight is 265 g/mol. The molecule has 0 fully saturated rings. The van der Waals surface area contributed by atoms with E-state index in [1.165, 1.54) is 11.1 Å². The molecule has 0 amide bonds. The quantitative estimate of drug-likeness (QED) is 0.718. The summed E-state index contributed by atoms with van der Waals surface area (Å²) >= 11 is 11.9. The molecule has 0 saturated heterocycles. The Morgan fingerprint density at radius 1 is 0.941 bits per heavy atom. The number of hydrogen-bond donors (Lipinski definition) is 0. The summed E-state index contributed by atoms with van der Waals surface area (Å²) in [7, 11) is 0. The van der Waals surface area contributed by atoms with Crippen LogP contribution in [0.2, 0.25) is 10.3 Å². The molecule has 86 valence electrons. The third-order valence-electron chi connectivity index (χ3n) is 3.17. The number of hydrogen-bond acceptors (Lipinski definition) is 2. The van der Waals surface area contributed by atoms with Crippen LogP contribution in [0, 0.1) is 0 Å². The number of halogens is 2. The number of pyridine rings is 2. The first-order valence-electron chi connectivity index (χ1n) is 5.54. The molecule has 1 aliphatic carbocycles. The number of fused-ring (bicyclic) bond motifs is 3. The molecule has 2 aromatic rings. The summed E-state index contributed by atoms with van der Waals surface area (Å²) in [6.07, 6.45) is 1.02. The Morgan fingerprint density at radius 2 is 1.41 bits per heavy atom. The second-order valence-electron chi connectivity index (χ2n) is 4.10. The lowest BCUT2D eigenvalue weighted by atomic mass is 9.96. The van der Waals surface area contributed by atoms with Gasteiger partial charge in [0.15, 0.2) is 0 Å². The maximum atomic E-state index is 5.95. The molecular weight excluding hydrogens is 255 g/mol. The maximum Gasteiger partial charge on any atom is 0.129 e. The molecule has 2 heterocycles. The van der Waals surface area contributed by atoms with Crippen LogP contribution in [0.25, 0.3) is 11.4 Å². The molecule has 0 saturated carbocycles. The first-order valence-corrected chi connectivity index (χ1v) is 6.29. The van der Waals surface area contributed by atoms with Crippen molar-refractivity contribution >= 4 is 23.2 Å². The first-order chi connectivity index (χ1) is 8.20. The zero-order valence-electron chi connectivity index (χ0n) is 9.24. The highest BCUT2D eigenvalue weighted by Crippen LogP contribution is 2.44. The second kappa shape index (κ2) is 3.97. The van der Waals surface area contributed by atoms with Gasteiger partial charge in [0.25, 0.3) is 0 Å². The Labute approximate surface area is 110 Å². The average Bonchev–Trinajstić information content (AvgIpc) is 2.62. The molecule has 1 aliphatic rings. The summed E-state index contributed by atoms with van der Waals surface area (Å²) in [4.78, 5) is 8.76. The summed E-state index contributed by atoms with van der Waals surface area (Å²) in [5.74, 6) is 0.356. The van der Waals surface area contributed by atoms with E-state index in [-0.39, 0.29) is 0 Å². The van der Waals surface area contributed by atoms with Crippen molar-refractivity contribution in [2.75, 3.05) is 0 Å². The van der Waals surface area contributed by atoms with Gasteiger partial charge in [0.05, 0.1) is 11.4 Å². The molecule has 0 aliphatic heterocycles. The summed E-state index contributed by atoms with van der Waals surface area (Å²) in [6, 6.07) is 7.73. The second-order valence-corrected chi connectivity index (χ2v) is 4.88. The van der Waals surface area contributed by atoms with Gasteiger partial charge in [-0.25, -0.2) is 9.97 Å². The van der Waals surface area contributed by atoms with Crippen molar-refractivity contribution < 1.29 is 0 Å². The molecule has 0 atom stereocenters. The van der Waals surface area contributed by atoms with Crippen LogP contribution < -0.4 is 0 Å². The summed E-state index contributed by atoms with van der Waals surface area (Å²) in [5.41, 5.74) is 4.15. The van der Waals surface area contributed by atoms with Gasteiger partial charge in [-0.3, -0.25) is 0 Å². The van der Waals surface area contributed by atoms with Gasteiger partial charge in [-0.05, 0) is 29.7 Å². The minimum atomic E-state index is 0.356. The zero-order chi connectivity index (χ0) is 12.0. The van der Waals surface area contributed by atoms with Crippen LogP contribution in [-0.2, 0) is 0 Å². The Balaban J connectivity index is 2.31. The molecule has 2 aromatic heterocycles. The molecule has 0 spiro atoms. The van der Waals surface area contributed by atoms with E-state index in [2.05, 4.69) is 16.9 Å². The molecule has 0 aromatic carbocycles. The lowest BCUT2D eigenvalue weighted by Crippen LogP contribution is -1.94.